The number of aliphatic hydroxyl groups is 1. The quantitative estimate of drug-likeness (QED) is 0.719. The average Bonchev–Trinajstić information content (AvgIpc) is 2.13. The van der Waals surface area contributed by atoms with Crippen molar-refractivity contribution in [2.45, 2.75) is 20.3 Å². The summed E-state index contributed by atoms with van der Waals surface area (Å²) in [5.41, 5.74) is 2.42. The smallest absolute Gasteiger partial charge is 0.122 e. The van der Waals surface area contributed by atoms with Gasteiger partial charge >= 0.3 is 0 Å². The van der Waals surface area contributed by atoms with Crippen LogP contribution in [0.4, 0.5) is 0 Å². The third-order valence-corrected chi connectivity index (χ3v) is 2.11. The first-order valence-corrected chi connectivity index (χ1v) is 4.55. The lowest BCUT2D eigenvalue weighted by Gasteiger charge is -2.09. The molecule has 0 saturated carbocycles. The standard InChI is InChI=1S/C11H16O2/c1-9-5-3-6-11(10(9)2)13-8-4-7-12/h3,5-6,12H,4,7-8H2,1-2H3. The second-order valence-corrected chi connectivity index (χ2v) is 3.12. The summed E-state index contributed by atoms with van der Waals surface area (Å²) in [6, 6.07) is 6.00. The lowest BCUT2D eigenvalue weighted by atomic mass is 10.1. The predicted molar refractivity (Wildman–Crippen MR) is 53.1 cm³/mol. The van der Waals surface area contributed by atoms with Gasteiger partial charge in [-0.3, -0.25) is 0 Å². The van der Waals surface area contributed by atoms with Crippen molar-refractivity contribution in [1.82, 2.24) is 0 Å². The first-order valence-electron chi connectivity index (χ1n) is 4.55. The molecule has 1 aromatic rings. The molecule has 2 heteroatoms. The fraction of sp³-hybridized carbons (Fsp3) is 0.455. The van der Waals surface area contributed by atoms with Crippen LogP contribution in [0.2, 0.25) is 0 Å². The lowest BCUT2D eigenvalue weighted by Crippen LogP contribution is -2.01. The number of ether oxygens (including phenoxy) is 1. The van der Waals surface area contributed by atoms with E-state index >= 15 is 0 Å². The fourth-order valence-corrected chi connectivity index (χ4v) is 1.13. The Balaban J connectivity index is 2.61. The Kier molecular flexibility index (Phi) is 3.77. The monoisotopic (exact) mass is 180 g/mol. The molecule has 13 heavy (non-hydrogen) atoms. The third kappa shape index (κ3) is 2.74. The highest BCUT2D eigenvalue weighted by Crippen LogP contribution is 2.20. The van der Waals surface area contributed by atoms with E-state index in [0.29, 0.717) is 13.0 Å². The highest BCUT2D eigenvalue weighted by molar-refractivity contribution is 5.38. The van der Waals surface area contributed by atoms with E-state index in [1.165, 1.54) is 11.1 Å². The third-order valence-electron chi connectivity index (χ3n) is 2.11. The normalized spacial score (nSPS) is 10.1. The van der Waals surface area contributed by atoms with E-state index in [4.69, 9.17) is 9.84 Å². The molecule has 0 aliphatic heterocycles. The zero-order valence-corrected chi connectivity index (χ0v) is 8.21. The van der Waals surface area contributed by atoms with Crippen molar-refractivity contribution < 1.29 is 9.84 Å². The Morgan fingerprint density at radius 3 is 2.77 bits per heavy atom. The largest absolute Gasteiger partial charge is 0.493 e. The summed E-state index contributed by atoms with van der Waals surface area (Å²) < 4.78 is 5.50. The molecule has 0 aromatic heterocycles. The van der Waals surface area contributed by atoms with Gasteiger partial charge in [-0.05, 0) is 31.0 Å². The van der Waals surface area contributed by atoms with Crippen LogP contribution in [0.25, 0.3) is 0 Å². The summed E-state index contributed by atoms with van der Waals surface area (Å²) in [7, 11) is 0. The second-order valence-electron chi connectivity index (χ2n) is 3.12. The molecule has 0 radical (unpaired) electrons. The van der Waals surface area contributed by atoms with Crippen molar-refractivity contribution in [3.05, 3.63) is 29.3 Å². The van der Waals surface area contributed by atoms with Gasteiger partial charge in [0.15, 0.2) is 0 Å². The summed E-state index contributed by atoms with van der Waals surface area (Å²) in [6.45, 7) is 4.88. The van der Waals surface area contributed by atoms with Gasteiger partial charge in [-0.2, -0.15) is 0 Å². The minimum Gasteiger partial charge on any atom is -0.493 e. The van der Waals surface area contributed by atoms with Crippen LogP contribution in [0.15, 0.2) is 18.2 Å². The van der Waals surface area contributed by atoms with Crippen molar-refractivity contribution >= 4 is 0 Å². The van der Waals surface area contributed by atoms with E-state index in [1.807, 2.05) is 19.1 Å². The van der Waals surface area contributed by atoms with E-state index in [1.54, 1.807) is 0 Å². The van der Waals surface area contributed by atoms with Crippen molar-refractivity contribution in [1.29, 1.82) is 0 Å². The van der Waals surface area contributed by atoms with Gasteiger partial charge in [-0.15, -0.1) is 0 Å². The number of hydrogen-bond acceptors (Lipinski definition) is 2. The van der Waals surface area contributed by atoms with E-state index in [2.05, 4.69) is 13.0 Å². The minimum atomic E-state index is 0.185. The lowest BCUT2D eigenvalue weighted by molar-refractivity contribution is 0.233. The molecule has 1 rings (SSSR count). The van der Waals surface area contributed by atoms with Gasteiger partial charge in [-0.1, -0.05) is 12.1 Å². The van der Waals surface area contributed by atoms with Crippen LogP contribution < -0.4 is 4.74 Å². The molecule has 0 bridgehead atoms. The zero-order chi connectivity index (χ0) is 9.68. The Hall–Kier alpha value is -1.02. The summed E-state index contributed by atoms with van der Waals surface area (Å²) in [4.78, 5) is 0. The van der Waals surface area contributed by atoms with Gasteiger partial charge in [0.05, 0.1) is 6.61 Å². The maximum Gasteiger partial charge on any atom is 0.122 e. The fourth-order valence-electron chi connectivity index (χ4n) is 1.13. The summed E-state index contributed by atoms with van der Waals surface area (Å²) >= 11 is 0. The summed E-state index contributed by atoms with van der Waals surface area (Å²) in [5, 5.41) is 8.59. The molecule has 0 amide bonds. The molecule has 0 fully saturated rings. The molecule has 0 saturated heterocycles. The molecular weight excluding hydrogens is 164 g/mol. The van der Waals surface area contributed by atoms with Crippen LogP contribution in [-0.2, 0) is 0 Å². The number of rotatable bonds is 4. The maximum absolute atomic E-state index is 8.59. The van der Waals surface area contributed by atoms with Crippen molar-refractivity contribution in [3.8, 4) is 5.75 Å². The van der Waals surface area contributed by atoms with E-state index < -0.39 is 0 Å². The molecule has 0 atom stereocenters. The molecule has 1 aromatic carbocycles. The van der Waals surface area contributed by atoms with Gasteiger partial charge in [0.2, 0.25) is 0 Å². The molecule has 1 N–H and O–H groups in total. The van der Waals surface area contributed by atoms with E-state index in [0.717, 1.165) is 5.75 Å². The topological polar surface area (TPSA) is 29.5 Å². The highest BCUT2D eigenvalue weighted by atomic mass is 16.5. The molecule has 0 heterocycles. The Bertz CT molecular complexity index is 269. The molecule has 0 aliphatic carbocycles. The SMILES string of the molecule is Cc1cccc(OCCCO)c1C. The van der Waals surface area contributed by atoms with Gasteiger partial charge in [0, 0.05) is 13.0 Å². The molecular formula is C11H16O2. The predicted octanol–water partition coefficient (Wildman–Crippen LogP) is 2.06. The van der Waals surface area contributed by atoms with Gasteiger partial charge in [0.1, 0.15) is 5.75 Å². The van der Waals surface area contributed by atoms with Crippen molar-refractivity contribution in [2.24, 2.45) is 0 Å². The van der Waals surface area contributed by atoms with Crippen molar-refractivity contribution in [2.75, 3.05) is 13.2 Å². The first-order chi connectivity index (χ1) is 6.25. The molecule has 0 unspecified atom stereocenters. The second kappa shape index (κ2) is 4.87. The molecule has 2 nitrogen and oxygen atoms in total. The zero-order valence-electron chi connectivity index (χ0n) is 8.21. The average molecular weight is 180 g/mol. The van der Waals surface area contributed by atoms with Crippen LogP contribution in [0, 0.1) is 13.8 Å². The van der Waals surface area contributed by atoms with Crippen LogP contribution in [0.1, 0.15) is 17.5 Å². The molecule has 0 aliphatic rings. The van der Waals surface area contributed by atoms with Crippen LogP contribution in [0.3, 0.4) is 0 Å². The van der Waals surface area contributed by atoms with Gasteiger partial charge in [0.25, 0.3) is 0 Å². The van der Waals surface area contributed by atoms with E-state index in [-0.39, 0.29) is 6.61 Å². The Labute approximate surface area is 79.2 Å². The van der Waals surface area contributed by atoms with Gasteiger partial charge in [-0.25, -0.2) is 0 Å². The van der Waals surface area contributed by atoms with E-state index in [9.17, 15) is 0 Å². The van der Waals surface area contributed by atoms with Crippen LogP contribution in [-0.4, -0.2) is 18.3 Å². The van der Waals surface area contributed by atoms with Gasteiger partial charge < -0.3 is 9.84 Å². The number of aliphatic hydroxyl groups excluding tert-OH is 1. The van der Waals surface area contributed by atoms with Crippen LogP contribution >= 0.6 is 0 Å². The molecule has 0 spiro atoms. The summed E-state index contributed by atoms with van der Waals surface area (Å²) in [5.74, 6) is 0.924. The highest BCUT2D eigenvalue weighted by Gasteiger charge is 2.00. The Morgan fingerprint density at radius 2 is 2.08 bits per heavy atom. The first kappa shape index (κ1) is 10.1. The number of benzene rings is 1. The molecule has 72 valence electrons. The Morgan fingerprint density at radius 1 is 1.31 bits per heavy atom. The van der Waals surface area contributed by atoms with Crippen molar-refractivity contribution in [3.63, 3.8) is 0 Å². The summed E-state index contributed by atoms with van der Waals surface area (Å²) in [6.07, 6.45) is 0.688. The minimum absolute atomic E-state index is 0.185. The van der Waals surface area contributed by atoms with Crippen LogP contribution in [0.5, 0.6) is 5.75 Å². The number of aryl methyl sites for hydroxylation is 1. The number of hydrogen-bond donors (Lipinski definition) is 1. The maximum atomic E-state index is 8.59.